The van der Waals surface area contributed by atoms with Crippen LogP contribution in [0.15, 0.2) is 24.3 Å². The molecule has 1 aromatic carbocycles. The Balaban J connectivity index is 2.17. The number of hydrogen-bond acceptors (Lipinski definition) is 2. The van der Waals surface area contributed by atoms with E-state index < -0.39 is 0 Å². The van der Waals surface area contributed by atoms with Gasteiger partial charge in [-0.05, 0) is 54.8 Å². The Bertz CT molecular complexity index is 473. The van der Waals surface area contributed by atoms with E-state index in [0.717, 1.165) is 12.2 Å². The molecule has 21 heavy (non-hydrogen) atoms. The zero-order valence-electron chi connectivity index (χ0n) is 14.5. The van der Waals surface area contributed by atoms with Crippen LogP contribution in [0.5, 0.6) is 5.75 Å². The second-order valence-corrected chi connectivity index (χ2v) is 8.08. The summed E-state index contributed by atoms with van der Waals surface area (Å²) < 4.78 is 6.37. The lowest BCUT2D eigenvalue weighted by Crippen LogP contribution is -2.53. The molecule has 0 bridgehead atoms. The van der Waals surface area contributed by atoms with Crippen molar-refractivity contribution in [3.8, 4) is 5.75 Å². The first-order valence-corrected chi connectivity index (χ1v) is 8.18. The second-order valence-electron chi connectivity index (χ2n) is 8.08. The molecular formula is C19H31NO. The first kappa shape index (κ1) is 16.4. The minimum absolute atomic E-state index is 0.160. The molecule has 0 amide bonds. The van der Waals surface area contributed by atoms with Crippen molar-refractivity contribution in [2.24, 2.45) is 5.41 Å². The average Bonchev–Trinajstić information content (AvgIpc) is 2.37. The van der Waals surface area contributed by atoms with E-state index in [2.05, 4.69) is 71.2 Å². The highest BCUT2D eigenvalue weighted by atomic mass is 16.5. The predicted molar refractivity (Wildman–Crippen MR) is 90.0 cm³/mol. The van der Waals surface area contributed by atoms with Crippen molar-refractivity contribution < 1.29 is 4.74 Å². The number of hydrogen-bond donors (Lipinski definition) is 1. The second kappa shape index (κ2) is 6.00. The summed E-state index contributed by atoms with van der Waals surface area (Å²) in [6.45, 7) is 11.4. The SMILES string of the molecule is CNC1C(Oc2cccc(C(C)(C)C)c2)CCCC1(C)C. The van der Waals surface area contributed by atoms with Gasteiger partial charge in [0.25, 0.3) is 0 Å². The largest absolute Gasteiger partial charge is 0.489 e. The fourth-order valence-corrected chi connectivity index (χ4v) is 3.50. The van der Waals surface area contributed by atoms with Crippen LogP contribution in [-0.2, 0) is 5.41 Å². The topological polar surface area (TPSA) is 21.3 Å². The Kier molecular flexibility index (Phi) is 4.67. The Labute approximate surface area is 130 Å². The summed E-state index contributed by atoms with van der Waals surface area (Å²) in [5.41, 5.74) is 1.78. The van der Waals surface area contributed by atoms with E-state index in [1.165, 1.54) is 18.4 Å². The van der Waals surface area contributed by atoms with Gasteiger partial charge in [0.2, 0.25) is 0 Å². The molecule has 2 atom stereocenters. The summed E-state index contributed by atoms with van der Waals surface area (Å²) in [7, 11) is 2.06. The van der Waals surface area contributed by atoms with E-state index in [0.29, 0.717) is 11.5 Å². The molecule has 2 rings (SSSR count). The van der Waals surface area contributed by atoms with Crippen molar-refractivity contribution >= 4 is 0 Å². The summed E-state index contributed by atoms with van der Waals surface area (Å²) in [5, 5.41) is 3.48. The molecule has 0 saturated heterocycles. The maximum atomic E-state index is 6.37. The van der Waals surface area contributed by atoms with Crippen molar-refractivity contribution in [3.63, 3.8) is 0 Å². The van der Waals surface area contributed by atoms with E-state index in [1.807, 2.05) is 0 Å². The highest BCUT2D eigenvalue weighted by Gasteiger charge is 2.39. The third-order valence-corrected chi connectivity index (χ3v) is 4.82. The van der Waals surface area contributed by atoms with Gasteiger partial charge >= 0.3 is 0 Å². The van der Waals surface area contributed by atoms with Gasteiger partial charge in [0.05, 0.1) is 0 Å². The van der Waals surface area contributed by atoms with Crippen molar-refractivity contribution in [3.05, 3.63) is 29.8 Å². The molecule has 1 aromatic rings. The van der Waals surface area contributed by atoms with E-state index in [9.17, 15) is 0 Å². The molecule has 2 heteroatoms. The van der Waals surface area contributed by atoms with Crippen molar-refractivity contribution in [2.75, 3.05) is 7.05 Å². The van der Waals surface area contributed by atoms with E-state index >= 15 is 0 Å². The Morgan fingerprint density at radius 3 is 2.57 bits per heavy atom. The molecule has 1 N–H and O–H groups in total. The lowest BCUT2D eigenvalue weighted by Gasteiger charge is -2.43. The summed E-state index contributed by atoms with van der Waals surface area (Å²) in [4.78, 5) is 0. The van der Waals surface area contributed by atoms with Gasteiger partial charge in [0.1, 0.15) is 11.9 Å². The number of nitrogens with one attached hydrogen (secondary N) is 1. The summed E-state index contributed by atoms with van der Waals surface area (Å²) >= 11 is 0. The third kappa shape index (κ3) is 3.79. The fraction of sp³-hybridized carbons (Fsp3) is 0.684. The molecule has 1 saturated carbocycles. The zero-order valence-corrected chi connectivity index (χ0v) is 14.5. The quantitative estimate of drug-likeness (QED) is 0.882. The minimum atomic E-state index is 0.160. The Morgan fingerprint density at radius 2 is 1.95 bits per heavy atom. The summed E-state index contributed by atoms with van der Waals surface area (Å²) in [6, 6.07) is 8.99. The van der Waals surface area contributed by atoms with E-state index in [-0.39, 0.29) is 11.5 Å². The van der Waals surface area contributed by atoms with Gasteiger partial charge in [-0.15, -0.1) is 0 Å². The van der Waals surface area contributed by atoms with E-state index in [4.69, 9.17) is 4.74 Å². The molecule has 1 aliphatic carbocycles. The first-order valence-electron chi connectivity index (χ1n) is 8.18. The standard InChI is InChI=1S/C19H31NO/c1-18(2,3)14-9-7-10-15(13-14)21-16-11-8-12-19(4,5)17(16)20-6/h7,9-10,13,16-17,20H,8,11-12H2,1-6H3. The molecule has 0 spiro atoms. The van der Waals surface area contributed by atoms with Gasteiger partial charge in [-0.2, -0.15) is 0 Å². The van der Waals surface area contributed by atoms with Crippen LogP contribution in [0.1, 0.15) is 59.4 Å². The van der Waals surface area contributed by atoms with Gasteiger partial charge in [-0.3, -0.25) is 0 Å². The van der Waals surface area contributed by atoms with Crippen LogP contribution in [0.2, 0.25) is 0 Å². The molecule has 2 unspecified atom stereocenters. The van der Waals surface area contributed by atoms with Gasteiger partial charge < -0.3 is 10.1 Å². The number of rotatable bonds is 3. The van der Waals surface area contributed by atoms with Crippen LogP contribution in [0.4, 0.5) is 0 Å². The Morgan fingerprint density at radius 1 is 1.24 bits per heavy atom. The maximum absolute atomic E-state index is 6.37. The number of ether oxygens (including phenoxy) is 1. The smallest absolute Gasteiger partial charge is 0.120 e. The molecule has 0 heterocycles. The number of likely N-dealkylation sites (N-methyl/N-ethyl adjacent to an activating group) is 1. The lowest BCUT2D eigenvalue weighted by molar-refractivity contribution is 0.0403. The minimum Gasteiger partial charge on any atom is -0.489 e. The molecule has 1 fully saturated rings. The fourth-order valence-electron chi connectivity index (χ4n) is 3.50. The molecule has 0 radical (unpaired) electrons. The van der Waals surface area contributed by atoms with Crippen LogP contribution >= 0.6 is 0 Å². The van der Waals surface area contributed by atoms with Crippen molar-refractivity contribution in [1.82, 2.24) is 5.32 Å². The third-order valence-electron chi connectivity index (χ3n) is 4.82. The first-order chi connectivity index (χ1) is 9.74. The highest BCUT2D eigenvalue weighted by Crippen LogP contribution is 2.37. The summed E-state index contributed by atoms with van der Waals surface area (Å²) in [5.74, 6) is 1.00. The molecule has 0 aliphatic heterocycles. The lowest BCUT2D eigenvalue weighted by atomic mass is 9.72. The van der Waals surface area contributed by atoms with E-state index in [1.54, 1.807) is 0 Å². The number of benzene rings is 1. The van der Waals surface area contributed by atoms with Gasteiger partial charge in [-0.1, -0.05) is 46.8 Å². The van der Waals surface area contributed by atoms with Crippen LogP contribution in [-0.4, -0.2) is 19.2 Å². The van der Waals surface area contributed by atoms with Crippen molar-refractivity contribution in [1.29, 1.82) is 0 Å². The molecule has 1 aliphatic rings. The maximum Gasteiger partial charge on any atom is 0.120 e. The zero-order chi connectivity index (χ0) is 15.7. The molecule has 118 valence electrons. The van der Waals surface area contributed by atoms with Crippen molar-refractivity contribution in [2.45, 2.75) is 71.4 Å². The van der Waals surface area contributed by atoms with Gasteiger partial charge in [0.15, 0.2) is 0 Å². The molecule has 0 aromatic heterocycles. The monoisotopic (exact) mass is 289 g/mol. The Hall–Kier alpha value is -1.02. The average molecular weight is 289 g/mol. The van der Waals surface area contributed by atoms with Gasteiger partial charge in [0, 0.05) is 6.04 Å². The van der Waals surface area contributed by atoms with Crippen LogP contribution in [0, 0.1) is 5.41 Å². The van der Waals surface area contributed by atoms with Crippen LogP contribution in [0.3, 0.4) is 0 Å². The predicted octanol–water partition coefficient (Wildman–Crippen LogP) is 4.53. The van der Waals surface area contributed by atoms with Crippen LogP contribution < -0.4 is 10.1 Å². The molecular weight excluding hydrogens is 258 g/mol. The molecule has 2 nitrogen and oxygen atoms in total. The normalized spacial score (nSPS) is 25.6. The summed E-state index contributed by atoms with van der Waals surface area (Å²) in [6.07, 6.45) is 3.90. The highest BCUT2D eigenvalue weighted by molar-refractivity contribution is 5.33. The van der Waals surface area contributed by atoms with Gasteiger partial charge in [-0.25, -0.2) is 0 Å². The van der Waals surface area contributed by atoms with Crippen LogP contribution in [0.25, 0.3) is 0 Å².